The molecule has 2 N–H and O–H groups in total. The zero-order chi connectivity index (χ0) is 14.3. The molecule has 1 rings (SSSR count). The Balaban J connectivity index is 2.97. The summed E-state index contributed by atoms with van der Waals surface area (Å²) >= 11 is 0. The van der Waals surface area contributed by atoms with Crippen molar-refractivity contribution in [3.63, 3.8) is 0 Å². The average Bonchev–Trinajstić information content (AvgIpc) is 2.67. The van der Waals surface area contributed by atoms with Gasteiger partial charge in [-0.1, -0.05) is 33.6 Å². The number of hydrogen-bond donors (Lipinski definition) is 1. The van der Waals surface area contributed by atoms with Crippen molar-refractivity contribution in [2.75, 3.05) is 23.7 Å². The molecule has 19 heavy (non-hydrogen) atoms. The quantitative estimate of drug-likeness (QED) is 0.743. The summed E-state index contributed by atoms with van der Waals surface area (Å²) < 4.78 is 2.09. The third-order valence-electron chi connectivity index (χ3n) is 3.44. The highest BCUT2D eigenvalue weighted by atomic mass is 15.4. The van der Waals surface area contributed by atoms with Crippen LogP contribution < -0.4 is 10.6 Å². The Labute approximate surface area is 118 Å². The summed E-state index contributed by atoms with van der Waals surface area (Å²) in [4.78, 5) is 2.43. The van der Waals surface area contributed by atoms with Crippen molar-refractivity contribution >= 4 is 11.5 Å². The first-order valence-electron chi connectivity index (χ1n) is 7.73. The van der Waals surface area contributed by atoms with Crippen molar-refractivity contribution < 1.29 is 0 Å². The molecular formula is C15H30N4. The van der Waals surface area contributed by atoms with Crippen LogP contribution in [-0.4, -0.2) is 22.9 Å². The first-order valence-corrected chi connectivity index (χ1v) is 7.73. The lowest BCUT2D eigenvalue weighted by Crippen LogP contribution is -2.29. The maximum absolute atomic E-state index is 6.25. The highest BCUT2D eigenvalue weighted by Gasteiger charge is 2.18. The largest absolute Gasteiger partial charge is 0.394 e. The fourth-order valence-corrected chi connectivity index (χ4v) is 2.31. The molecule has 0 atom stereocenters. The van der Waals surface area contributed by atoms with E-state index < -0.39 is 0 Å². The van der Waals surface area contributed by atoms with Crippen LogP contribution in [-0.2, 0) is 6.54 Å². The van der Waals surface area contributed by atoms with Crippen molar-refractivity contribution in [2.24, 2.45) is 0 Å². The number of unbranched alkanes of at least 4 members (excludes halogenated alkanes) is 2. The van der Waals surface area contributed by atoms with Gasteiger partial charge in [0.2, 0.25) is 0 Å². The maximum atomic E-state index is 6.25. The van der Waals surface area contributed by atoms with Gasteiger partial charge in [-0.2, -0.15) is 5.10 Å². The molecule has 4 heteroatoms. The molecule has 0 saturated carbocycles. The van der Waals surface area contributed by atoms with Gasteiger partial charge in [-0.15, -0.1) is 0 Å². The molecule has 0 aromatic carbocycles. The Hall–Kier alpha value is -1.19. The van der Waals surface area contributed by atoms with E-state index in [0.717, 1.165) is 43.3 Å². The minimum atomic E-state index is 0.862. The van der Waals surface area contributed by atoms with E-state index in [-0.39, 0.29) is 0 Å². The Morgan fingerprint density at radius 3 is 2.11 bits per heavy atom. The van der Waals surface area contributed by atoms with E-state index in [0.29, 0.717) is 0 Å². The first-order chi connectivity index (χ1) is 9.15. The van der Waals surface area contributed by atoms with Crippen LogP contribution in [0.1, 0.15) is 58.6 Å². The van der Waals surface area contributed by atoms with Gasteiger partial charge in [0.1, 0.15) is 0 Å². The van der Waals surface area contributed by atoms with Gasteiger partial charge in [0.25, 0.3) is 0 Å². The van der Waals surface area contributed by atoms with E-state index in [2.05, 4.69) is 35.5 Å². The van der Waals surface area contributed by atoms with Gasteiger partial charge < -0.3 is 10.6 Å². The molecule has 1 aromatic rings. The first kappa shape index (κ1) is 15.9. The predicted octanol–water partition coefficient (Wildman–Crippen LogP) is 3.59. The van der Waals surface area contributed by atoms with Gasteiger partial charge in [0.05, 0.1) is 11.4 Å². The van der Waals surface area contributed by atoms with E-state index >= 15 is 0 Å². The lowest BCUT2D eigenvalue weighted by molar-refractivity contribution is 0.573. The summed E-state index contributed by atoms with van der Waals surface area (Å²) in [6, 6.07) is 0. The van der Waals surface area contributed by atoms with Gasteiger partial charge in [-0.05, 0) is 26.2 Å². The molecule has 0 aliphatic carbocycles. The third-order valence-corrected chi connectivity index (χ3v) is 3.44. The minimum absolute atomic E-state index is 0.862. The monoisotopic (exact) mass is 266 g/mol. The van der Waals surface area contributed by atoms with Gasteiger partial charge >= 0.3 is 0 Å². The number of nitrogens with zero attached hydrogens (tertiary/aromatic N) is 3. The van der Waals surface area contributed by atoms with Crippen LogP contribution in [0.3, 0.4) is 0 Å². The van der Waals surface area contributed by atoms with Crippen LogP contribution in [0, 0.1) is 6.92 Å². The van der Waals surface area contributed by atoms with Crippen molar-refractivity contribution in [1.29, 1.82) is 0 Å². The molecule has 0 fully saturated rings. The standard InChI is InChI=1S/C15H30N4/c1-5-8-11-18(12-9-6-2)15-14(16)13(4)17-19(15)10-7-3/h5-12,16H2,1-4H3. The highest BCUT2D eigenvalue weighted by molar-refractivity contribution is 5.66. The fourth-order valence-electron chi connectivity index (χ4n) is 2.31. The summed E-state index contributed by atoms with van der Waals surface area (Å²) in [5.74, 6) is 1.14. The molecule has 0 aliphatic heterocycles. The van der Waals surface area contributed by atoms with Crippen LogP contribution in [0.5, 0.6) is 0 Å². The second kappa shape index (κ2) is 8.08. The van der Waals surface area contributed by atoms with E-state index in [1.807, 2.05) is 6.92 Å². The van der Waals surface area contributed by atoms with Crippen molar-refractivity contribution in [2.45, 2.75) is 66.3 Å². The fraction of sp³-hybridized carbons (Fsp3) is 0.800. The number of rotatable bonds is 9. The zero-order valence-corrected chi connectivity index (χ0v) is 13.1. The van der Waals surface area contributed by atoms with Gasteiger partial charge in [0, 0.05) is 19.6 Å². The molecular weight excluding hydrogens is 236 g/mol. The molecule has 1 aromatic heterocycles. The van der Waals surface area contributed by atoms with E-state index in [9.17, 15) is 0 Å². The van der Waals surface area contributed by atoms with Crippen molar-refractivity contribution in [1.82, 2.24) is 9.78 Å². The van der Waals surface area contributed by atoms with Crippen LogP contribution >= 0.6 is 0 Å². The average molecular weight is 266 g/mol. The molecule has 0 spiro atoms. The third kappa shape index (κ3) is 4.15. The summed E-state index contributed by atoms with van der Waals surface area (Å²) in [6.45, 7) is 11.8. The van der Waals surface area contributed by atoms with E-state index in [1.165, 1.54) is 25.7 Å². The number of nitrogen functional groups attached to an aromatic ring is 1. The van der Waals surface area contributed by atoms with Crippen molar-refractivity contribution in [3.8, 4) is 0 Å². The molecule has 1 heterocycles. The molecule has 0 unspecified atom stereocenters. The Bertz CT molecular complexity index is 362. The normalized spacial score (nSPS) is 10.9. The molecule has 0 radical (unpaired) electrons. The molecule has 0 saturated heterocycles. The lowest BCUT2D eigenvalue weighted by Gasteiger charge is -2.25. The number of anilines is 2. The van der Waals surface area contributed by atoms with Gasteiger partial charge in [-0.3, -0.25) is 0 Å². The van der Waals surface area contributed by atoms with Gasteiger partial charge in [-0.25, -0.2) is 4.68 Å². The van der Waals surface area contributed by atoms with Crippen LogP contribution in [0.4, 0.5) is 11.5 Å². The van der Waals surface area contributed by atoms with E-state index in [1.54, 1.807) is 0 Å². The zero-order valence-electron chi connectivity index (χ0n) is 13.1. The van der Waals surface area contributed by atoms with Gasteiger partial charge in [0.15, 0.2) is 5.82 Å². The Kier molecular flexibility index (Phi) is 6.74. The molecule has 110 valence electrons. The maximum Gasteiger partial charge on any atom is 0.150 e. The highest BCUT2D eigenvalue weighted by Crippen LogP contribution is 2.27. The second-order valence-corrected chi connectivity index (χ2v) is 5.24. The number of aromatic nitrogens is 2. The summed E-state index contributed by atoms with van der Waals surface area (Å²) in [7, 11) is 0. The Morgan fingerprint density at radius 1 is 1.05 bits per heavy atom. The minimum Gasteiger partial charge on any atom is -0.394 e. The van der Waals surface area contributed by atoms with E-state index in [4.69, 9.17) is 5.73 Å². The van der Waals surface area contributed by atoms with Crippen LogP contribution in [0.2, 0.25) is 0 Å². The van der Waals surface area contributed by atoms with Crippen LogP contribution in [0.25, 0.3) is 0 Å². The molecule has 0 bridgehead atoms. The van der Waals surface area contributed by atoms with Crippen molar-refractivity contribution in [3.05, 3.63) is 5.69 Å². The summed E-state index contributed by atoms with van der Waals surface area (Å²) in [6.07, 6.45) is 5.93. The second-order valence-electron chi connectivity index (χ2n) is 5.24. The molecule has 4 nitrogen and oxygen atoms in total. The molecule has 0 aliphatic rings. The van der Waals surface area contributed by atoms with Crippen LogP contribution in [0.15, 0.2) is 0 Å². The smallest absolute Gasteiger partial charge is 0.150 e. The number of nitrogens with two attached hydrogens (primary N) is 1. The number of hydrogen-bond acceptors (Lipinski definition) is 3. The summed E-state index contributed by atoms with van der Waals surface area (Å²) in [5.41, 5.74) is 8.07. The topological polar surface area (TPSA) is 47.1 Å². The summed E-state index contributed by atoms with van der Waals surface area (Å²) in [5, 5.41) is 4.59. The SMILES string of the molecule is CCCCN(CCCC)c1c(N)c(C)nn1CCC. The Morgan fingerprint density at radius 2 is 1.63 bits per heavy atom. The lowest BCUT2D eigenvalue weighted by atomic mass is 10.2. The molecule has 0 amide bonds. The predicted molar refractivity (Wildman–Crippen MR) is 83.7 cm³/mol. The number of aryl methyl sites for hydroxylation is 2.